The van der Waals surface area contributed by atoms with E-state index in [1.54, 1.807) is 0 Å². The monoisotopic (exact) mass is 187 g/mol. The van der Waals surface area contributed by atoms with Gasteiger partial charge in [0.05, 0.1) is 13.2 Å². The zero-order chi connectivity index (χ0) is 10.7. The largest absolute Gasteiger partial charge is 0.379 e. The summed E-state index contributed by atoms with van der Waals surface area (Å²) in [7, 11) is 0. The van der Waals surface area contributed by atoms with E-state index in [0.717, 1.165) is 6.61 Å². The maximum atomic E-state index is 5.61. The smallest absolute Gasteiger partial charge is 0.0615 e. The van der Waals surface area contributed by atoms with Crippen molar-refractivity contribution in [2.24, 2.45) is 16.6 Å². The van der Waals surface area contributed by atoms with Crippen molar-refractivity contribution in [1.82, 2.24) is 0 Å². The summed E-state index contributed by atoms with van der Waals surface area (Å²) in [5, 5.41) is 0. The van der Waals surface area contributed by atoms with E-state index in [4.69, 9.17) is 10.5 Å². The lowest BCUT2D eigenvalue weighted by Crippen LogP contribution is -2.35. The summed E-state index contributed by atoms with van der Waals surface area (Å²) < 4.78 is 5.56. The van der Waals surface area contributed by atoms with Crippen LogP contribution >= 0.6 is 0 Å². The highest BCUT2D eigenvalue weighted by Crippen LogP contribution is 2.37. The molecule has 0 saturated heterocycles. The Balaban J connectivity index is 3.90. The quantitative estimate of drug-likeness (QED) is 0.733. The van der Waals surface area contributed by atoms with E-state index in [1.807, 2.05) is 6.92 Å². The average molecular weight is 187 g/mol. The van der Waals surface area contributed by atoms with E-state index < -0.39 is 0 Å². The minimum Gasteiger partial charge on any atom is -0.379 e. The second-order valence-corrected chi connectivity index (χ2v) is 5.63. The first kappa shape index (κ1) is 12.9. The van der Waals surface area contributed by atoms with E-state index >= 15 is 0 Å². The van der Waals surface area contributed by atoms with Gasteiger partial charge in [-0.3, -0.25) is 0 Å². The van der Waals surface area contributed by atoms with Crippen molar-refractivity contribution in [3.05, 3.63) is 0 Å². The number of hydrogen-bond donors (Lipinski definition) is 1. The second kappa shape index (κ2) is 4.43. The Morgan fingerprint density at radius 3 is 1.92 bits per heavy atom. The highest BCUT2D eigenvalue weighted by Gasteiger charge is 2.32. The summed E-state index contributed by atoms with van der Waals surface area (Å²) in [6.07, 6.45) is 0. The van der Waals surface area contributed by atoms with Crippen LogP contribution in [-0.4, -0.2) is 19.3 Å². The normalized spacial score (nSPS) is 15.9. The van der Waals surface area contributed by atoms with Crippen molar-refractivity contribution in [3.8, 4) is 0 Å². The molecule has 0 heterocycles. The molecule has 0 radical (unpaired) electrons. The number of hydrogen-bond acceptors (Lipinski definition) is 2. The van der Waals surface area contributed by atoms with Gasteiger partial charge >= 0.3 is 0 Å². The van der Waals surface area contributed by atoms with Gasteiger partial charge in [0, 0.05) is 6.04 Å². The molecule has 2 heteroatoms. The van der Waals surface area contributed by atoms with Crippen LogP contribution in [0.2, 0.25) is 0 Å². The first-order valence-corrected chi connectivity index (χ1v) is 5.00. The zero-order valence-corrected chi connectivity index (χ0v) is 9.98. The van der Waals surface area contributed by atoms with Gasteiger partial charge in [-0.05, 0) is 17.8 Å². The number of rotatable bonds is 4. The first-order valence-electron chi connectivity index (χ1n) is 5.00. The van der Waals surface area contributed by atoms with Crippen molar-refractivity contribution >= 4 is 0 Å². The predicted molar refractivity (Wildman–Crippen MR) is 57.7 cm³/mol. The van der Waals surface area contributed by atoms with Gasteiger partial charge in [-0.1, -0.05) is 34.6 Å². The molecule has 0 aliphatic carbocycles. The molecule has 2 N–H and O–H groups in total. The summed E-state index contributed by atoms with van der Waals surface area (Å²) in [4.78, 5) is 0. The minimum absolute atomic E-state index is 0.135. The molecule has 0 fully saturated rings. The summed E-state index contributed by atoms with van der Waals surface area (Å²) in [5.74, 6) is 0. The summed E-state index contributed by atoms with van der Waals surface area (Å²) in [6, 6.07) is 0.135. The standard InChI is InChI=1S/C11H25NO/c1-9(12)7-13-8-11(5,6)10(2,3)4/h9H,7-8,12H2,1-6H3. The fourth-order valence-corrected chi connectivity index (χ4v) is 0.716. The molecule has 0 aromatic carbocycles. The van der Waals surface area contributed by atoms with Crippen LogP contribution in [0.3, 0.4) is 0 Å². The molecule has 13 heavy (non-hydrogen) atoms. The Hall–Kier alpha value is -0.0800. The van der Waals surface area contributed by atoms with E-state index in [2.05, 4.69) is 34.6 Å². The van der Waals surface area contributed by atoms with Crippen LogP contribution < -0.4 is 5.73 Å². The van der Waals surface area contributed by atoms with Crippen molar-refractivity contribution in [2.75, 3.05) is 13.2 Å². The highest BCUT2D eigenvalue weighted by molar-refractivity contribution is 4.82. The van der Waals surface area contributed by atoms with Crippen molar-refractivity contribution < 1.29 is 4.74 Å². The molecule has 0 aliphatic heterocycles. The van der Waals surface area contributed by atoms with Crippen LogP contribution in [0.4, 0.5) is 0 Å². The topological polar surface area (TPSA) is 35.2 Å². The second-order valence-electron chi connectivity index (χ2n) is 5.63. The Bertz CT molecular complexity index is 145. The molecule has 0 bridgehead atoms. The van der Waals surface area contributed by atoms with Crippen LogP contribution in [-0.2, 0) is 4.74 Å². The molecule has 0 rings (SSSR count). The highest BCUT2D eigenvalue weighted by atomic mass is 16.5. The third kappa shape index (κ3) is 4.63. The SMILES string of the molecule is CC(N)COCC(C)(C)C(C)(C)C. The van der Waals surface area contributed by atoms with E-state index in [9.17, 15) is 0 Å². The molecule has 1 unspecified atom stereocenters. The first-order chi connectivity index (χ1) is 5.67. The van der Waals surface area contributed by atoms with Gasteiger partial charge in [-0.15, -0.1) is 0 Å². The maximum Gasteiger partial charge on any atom is 0.0615 e. The third-order valence-electron chi connectivity index (χ3n) is 2.87. The van der Waals surface area contributed by atoms with Crippen LogP contribution in [0.25, 0.3) is 0 Å². The van der Waals surface area contributed by atoms with Gasteiger partial charge in [0.25, 0.3) is 0 Å². The molecule has 0 amide bonds. The molecule has 0 aromatic heterocycles. The molecule has 0 aliphatic rings. The Morgan fingerprint density at radius 1 is 1.15 bits per heavy atom. The van der Waals surface area contributed by atoms with Crippen LogP contribution in [0, 0.1) is 10.8 Å². The predicted octanol–water partition coefficient (Wildman–Crippen LogP) is 2.42. The zero-order valence-electron chi connectivity index (χ0n) is 9.98. The van der Waals surface area contributed by atoms with Crippen molar-refractivity contribution in [3.63, 3.8) is 0 Å². The molecule has 1 atom stereocenters. The van der Waals surface area contributed by atoms with Crippen LogP contribution in [0.1, 0.15) is 41.5 Å². The fourth-order valence-electron chi connectivity index (χ4n) is 0.716. The van der Waals surface area contributed by atoms with Gasteiger partial charge < -0.3 is 10.5 Å². The molecule has 0 spiro atoms. The number of ether oxygens (including phenoxy) is 1. The van der Waals surface area contributed by atoms with E-state index in [1.165, 1.54) is 0 Å². The van der Waals surface area contributed by atoms with Gasteiger partial charge in [0.1, 0.15) is 0 Å². The maximum absolute atomic E-state index is 5.61. The Kier molecular flexibility index (Phi) is 4.40. The molecular weight excluding hydrogens is 162 g/mol. The van der Waals surface area contributed by atoms with Crippen LogP contribution in [0.15, 0.2) is 0 Å². The van der Waals surface area contributed by atoms with Crippen molar-refractivity contribution in [1.29, 1.82) is 0 Å². The van der Waals surface area contributed by atoms with E-state index in [-0.39, 0.29) is 16.9 Å². The Morgan fingerprint density at radius 2 is 1.62 bits per heavy atom. The van der Waals surface area contributed by atoms with Gasteiger partial charge in [0.15, 0.2) is 0 Å². The molecule has 2 nitrogen and oxygen atoms in total. The van der Waals surface area contributed by atoms with Crippen LogP contribution in [0.5, 0.6) is 0 Å². The van der Waals surface area contributed by atoms with Gasteiger partial charge in [-0.2, -0.15) is 0 Å². The fraction of sp³-hybridized carbons (Fsp3) is 1.00. The van der Waals surface area contributed by atoms with Gasteiger partial charge in [-0.25, -0.2) is 0 Å². The lowest BCUT2D eigenvalue weighted by atomic mass is 9.70. The third-order valence-corrected chi connectivity index (χ3v) is 2.87. The Labute approximate surface area is 82.8 Å². The average Bonchev–Trinajstić information content (AvgIpc) is 1.82. The summed E-state index contributed by atoms with van der Waals surface area (Å²) in [6.45, 7) is 14.6. The summed E-state index contributed by atoms with van der Waals surface area (Å²) >= 11 is 0. The lowest BCUT2D eigenvalue weighted by molar-refractivity contribution is -0.00358. The minimum atomic E-state index is 0.135. The lowest BCUT2D eigenvalue weighted by Gasteiger charge is -2.38. The molecule has 80 valence electrons. The van der Waals surface area contributed by atoms with Crippen molar-refractivity contribution in [2.45, 2.75) is 47.6 Å². The summed E-state index contributed by atoms with van der Waals surface area (Å²) in [5.41, 5.74) is 6.07. The van der Waals surface area contributed by atoms with Gasteiger partial charge in [0.2, 0.25) is 0 Å². The molecular formula is C11H25NO. The van der Waals surface area contributed by atoms with E-state index in [0.29, 0.717) is 6.61 Å². The molecule has 0 saturated carbocycles. The molecule has 0 aromatic rings. The number of nitrogens with two attached hydrogens (primary N) is 1.